The summed E-state index contributed by atoms with van der Waals surface area (Å²) in [7, 11) is -3.43. The second kappa shape index (κ2) is 5.78. The van der Waals surface area contributed by atoms with Gasteiger partial charge in [-0.2, -0.15) is 20.6 Å². The average Bonchev–Trinajstić information content (AvgIpc) is 3.16. The second-order valence-electron chi connectivity index (χ2n) is 5.05. The molecule has 0 N–H and O–H groups in total. The summed E-state index contributed by atoms with van der Waals surface area (Å²) in [4.78, 5) is 4.37. The van der Waals surface area contributed by atoms with E-state index in [2.05, 4.69) is 26.1 Å². The van der Waals surface area contributed by atoms with Crippen LogP contribution in [0.2, 0.25) is 0 Å². The Labute approximate surface area is 148 Å². The lowest BCUT2D eigenvalue weighted by Crippen LogP contribution is -2.48. The van der Waals surface area contributed by atoms with Crippen LogP contribution >= 0.6 is 38.6 Å². The van der Waals surface area contributed by atoms with E-state index < -0.39 is 10.0 Å². The Morgan fingerprint density at radius 1 is 1.30 bits per heavy atom. The van der Waals surface area contributed by atoms with Crippen LogP contribution in [0.3, 0.4) is 0 Å². The van der Waals surface area contributed by atoms with E-state index in [9.17, 15) is 8.42 Å². The van der Waals surface area contributed by atoms with Crippen LogP contribution in [0, 0.1) is 0 Å². The number of rotatable bonds is 4. The first-order chi connectivity index (χ1) is 11.0. The molecule has 1 fully saturated rings. The number of aromatic nitrogens is 2. The third-order valence-corrected chi connectivity index (χ3v) is 8.17. The van der Waals surface area contributed by atoms with E-state index >= 15 is 0 Å². The van der Waals surface area contributed by atoms with Crippen molar-refractivity contribution in [2.24, 2.45) is 0 Å². The molecule has 6 nitrogen and oxygen atoms in total. The fraction of sp³-hybridized carbons (Fsp3) is 0.231. The van der Waals surface area contributed by atoms with Gasteiger partial charge in [0, 0.05) is 24.0 Å². The molecule has 0 atom stereocenters. The van der Waals surface area contributed by atoms with Crippen LogP contribution in [-0.4, -0.2) is 36.0 Å². The largest absolute Gasteiger partial charge is 0.339 e. The summed E-state index contributed by atoms with van der Waals surface area (Å²) in [5, 5.41) is 7.85. The highest BCUT2D eigenvalue weighted by molar-refractivity contribution is 9.11. The Morgan fingerprint density at radius 3 is 2.78 bits per heavy atom. The maximum atomic E-state index is 12.4. The van der Waals surface area contributed by atoms with E-state index in [0.29, 0.717) is 29.0 Å². The predicted octanol–water partition coefficient (Wildman–Crippen LogP) is 3.41. The van der Waals surface area contributed by atoms with Gasteiger partial charge in [-0.25, -0.2) is 8.42 Å². The van der Waals surface area contributed by atoms with Gasteiger partial charge in [0.1, 0.15) is 4.21 Å². The first-order valence-electron chi connectivity index (χ1n) is 6.66. The number of hydrogen-bond donors (Lipinski definition) is 0. The molecule has 120 valence electrons. The number of nitrogens with zero attached hydrogens (tertiary/aromatic N) is 3. The third kappa shape index (κ3) is 2.78. The minimum atomic E-state index is -3.43. The van der Waals surface area contributed by atoms with Gasteiger partial charge in [-0.3, -0.25) is 0 Å². The summed E-state index contributed by atoms with van der Waals surface area (Å²) in [6.07, 6.45) is 0. The first kappa shape index (κ1) is 15.5. The van der Waals surface area contributed by atoms with Gasteiger partial charge in [0.25, 0.3) is 10.0 Å². The smallest absolute Gasteiger partial charge is 0.252 e. The van der Waals surface area contributed by atoms with Gasteiger partial charge < -0.3 is 4.52 Å². The molecule has 0 bridgehead atoms. The minimum Gasteiger partial charge on any atom is -0.339 e. The molecule has 3 aromatic heterocycles. The molecule has 10 heteroatoms. The summed E-state index contributed by atoms with van der Waals surface area (Å²) < 4.78 is 32.7. The SMILES string of the molecule is O=S(=O)(c1ccc(Br)s1)N1CC(c2nc(-c3ccsc3)no2)C1. The lowest BCUT2D eigenvalue weighted by molar-refractivity contribution is 0.217. The topological polar surface area (TPSA) is 76.3 Å². The van der Waals surface area contributed by atoms with Gasteiger partial charge in [-0.05, 0) is 39.5 Å². The van der Waals surface area contributed by atoms with E-state index in [4.69, 9.17) is 4.52 Å². The molecule has 1 aliphatic rings. The van der Waals surface area contributed by atoms with Crippen molar-refractivity contribution in [1.29, 1.82) is 0 Å². The highest BCUT2D eigenvalue weighted by Gasteiger charge is 2.41. The molecule has 1 saturated heterocycles. The zero-order valence-electron chi connectivity index (χ0n) is 11.5. The van der Waals surface area contributed by atoms with Crippen LogP contribution in [0.4, 0.5) is 0 Å². The van der Waals surface area contributed by atoms with Crippen LogP contribution in [0.5, 0.6) is 0 Å². The summed E-state index contributed by atoms with van der Waals surface area (Å²) in [6.45, 7) is 0.728. The molecular weight excluding hydrogens is 422 g/mol. The predicted molar refractivity (Wildman–Crippen MR) is 91.1 cm³/mol. The van der Waals surface area contributed by atoms with E-state index in [0.717, 1.165) is 9.35 Å². The molecule has 0 amide bonds. The molecule has 3 aromatic rings. The zero-order valence-corrected chi connectivity index (χ0v) is 15.6. The molecule has 0 radical (unpaired) electrons. The van der Waals surface area contributed by atoms with E-state index in [1.807, 2.05) is 16.8 Å². The lowest BCUT2D eigenvalue weighted by Gasteiger charge is -2.35. The maximum Gasteiger partial charge on any atom is 0.252 e. The summed E-state index contributed by atoms with van der Waals surface area (Å²) in [5.41, 5.74) is 0.914. The van der Waals surface area contributed by atoms with Crippen molar-refractivity contribution in [1.82, 2.24) is 14.4 Å². The van der Waals surface area contributed by atoms with Crippen molar-refractivity contribution in [2.45, 2.75) is 10.1 Å². The van der Waals surface area contributed by atoms with Gasteiger partial charge in [0.2, 0.25) is 11.7 Å². The van der Waals surface area contributed by atoms with Gasteiger partial charge in [0.15, 0.2) is 0 Å². The molecule has 0 unspecified atom stereocenters. The average molecular weight is 432 g/mol. The number of halogens is 1. The summed E-state index contributed by atoms with van der Waals surface area (Å²) in [5.74, 6) is 0.989. The lowest BCUT2D eigenvalue weighted by atomic mass is 10.0. The van der Waals surface area contributed by atoms with Gasteiger partial charge in [-0.15, -0.1) is 11.3 Å². The molecule has 1 aliphatic heterocycles. The van der Waals surface area contributed by atoms with Crippen molar-refractivity contribution >= 4 is 48.6 Å². The van der Waals surface area contributed by atoms with Crippen molar-refractivity contribution in [2.75, 3.05) is 13.1 Å². The Hall–Kier alpha value is -1.07. The van der Waals surface area contributed by atoms with Gasteiger partial charge in [-0.1, -0.05) is 5.16 Å². The van der Waals surface area contributed by atoms with Crippen LogP contribution < -0.4 is 0 Å². The van der Waals surface area contributed by atoms with Crippen molar-refractivity contribution in [3.05, 3.63) is 38.6 Å². The van der Waals surface area contributed by atoms with E-state index in [1.54, 1.807) is 23.5 Å². The molecule has 4 rings (SSSR count). The minimum absolute atomic E-state index is 0.0481. The first-order valence-corrected chi connectivity index (χ1v) is 10.6. The number of thiophene rings is 2. The molecule has 23 heavy (non-hydrogen) atoms. The van der Waals surface area contributed by atoms with Crippen LogP contribution in [0.1, 0.15) is 11.8 Å². The van der Waals surface area contributed by atoms with Crippen LogP contribution in [0.25, 0.3) is 11.4 Å². The number of sulfonamides is 1. The van der Waals surface area contributed by atoms with Crippen molar-refractivity contribution < 1.29 is 12.9 Å². The van der Waals surface area contributed by atoms with Crippen molar-refractivity contribution in [3.63, 3.8) is 0 Å². The Morgan fingerprint density at radius 2 is 2.13 bits per heavy atom. The third-order valence-electron chi connectivity index (χ3n) is 3.56. The fourth-order valence-corrected chi connectivity index (χ4v) is 6.59. The Balaban J connectivity index is 1.47. The molecule has 0 saturated carbocycles. The molecule has 0 aromatic carbocycles. The Kier molecular flexibility index (Phi) is 3.88. The Bertz CT molecular complexity index is 927. The molecule has 0 aliphatic carbocycles. The highest BCUT2D eigenvalue weighted by atomic mass is 79.9. The highest BCUT2D eigenvalue weighted by Crippen LogP contribution is 2.35. The van der Waals surface area contributed by atoms with Crippen LogP contribution in [-0.2, 0) is 10.0 Å². The van der Waals surface area contributed by atoms with Crippen LogP contribution in [0.15, 0.2) is 41.5 Å². The van der Waals surface area contributed by atoms with Crippen molar-refractivity contribution in [3.8, 4) is 11.4 Å². The van der Waals surface area contributed by atoms with E-state index in [-0.39, 0.29) is 5.92 Å². The standard InChI is InChI=1S/C13H10BrN3O3S3/c14-10-1-2-11(22-10)23(18,19)17-5-9(6-17)13-15-12(16-20-13)8-3-4-21-7-8/h1-4,7,9H,5-6H2. The fourth-order valence-electron chi connectivity index (χ4n) is 2.26. The quantitative estimate of drug-likeness (QED) is 0.632. The van der Waals surface area contributed by atoms with E-state index in [1.165, 1.54) is 15.6 Å². The maximum absolute atomic E-state index is 12.4. The zero-order chi connectivity index (χ0) is 16.0. The second-order valence-corrected chi connectivity index (χ2v) is 10.5. The molecule has 0 spiro atoms. The molecular formula is C13H10BrN3O3S3. The van der Waals surface area contributed by atoms with Gasteiger partial charge in [0.05, 0.1) is 9.70 Å². The monoisotopic (exact) mass is 431 g/mol. The summed E-state index contributed by atoms with van der Waals surface area (Å²) in [6, 6.07) is 5.27. The molecule has 4 heterocycles. The number of hydrogen-bond acceptors (Lipinski definition) is 7. The summed E-state index contributed by atoms with van der Waals surface area (Å²) >= 11 is 6.06. The van der Waals surface area contributed by atoms with Gasteiger partial charge >= 0.3 is 0 Å². The normalized spacial score (nSPS) is 16.6.